The number of rotatable bonds is 5. The lowest BCUT2D eigenvalue weighted by Gasteiger charge is -2.44. The third-order valence-electron chi connectivity index (χ3n) is 5.34. The minimum atomic E-state index is -0.249. The molecular weight excluding hydrogens is 287 g/mol. The topological polar surface area (TPSA) is 29.3 Å². The molecule has 1 aliphatic rings. The summed E-state index contributed by atoms with van der Waals surface area (Å²) in [6, 6.07) is 4.85. The van der Waals surface area contributed by atoms with Crippen molar-refractivity contribution in [2.24, 2.45) is 11.1 Å². The van der Waals surface area contributed by atoms with E-state index in [1.165, 1.54) is 31.7 Å². The van der Waals surface area contributed by atoms with Crippen molar-refractivity contribution in [3.05, 3.63) is 34.6 Å². The number of piperidine rings is 1. The van der Waals surface area contributed by atoms with Gasteiger partial charge in [0.25, 0.3) is 0 Å². The molecule has 2 N–H and O–H groups in total. The smallest absolute Gasteiger partial charge is 0.129 e. The highest BCUT2D eigenvalue weighted by atomic mass is 35.5. The molecule has 0 aromatic heterocycles. The van der Waals surface area contributed by atoms with Gasteiger partial charge in [-0.3, -0.25) is 4.90 Å². The molecule has 1 aliphatic heterocycles. The molecule has 0 bridgehead atoms. The molecule has 0 spiro atoms. The summed E-state index contributed by atoms with van der Waals surface area (Å²) in [6.45, 7) is 6.97. The Balaban J connectivity index is 2.13. The lowest BCUT2D eigenvalue weighted by Crippen LogP contribution is -2.43. The Kier molecular flexibility index (Phi) is 5.64. The highest BCUT2D eigenvalue weighted by molar-refractivity contribution is 6.30. The van der Waals surface area contributed by atoms with Crippen molar-refractivity contribution >= 4 is 11.6 Å². The Labute approximate surface area is 132 Å². The van der Waals surface area contributed by atoms with Crippen LogP contribution < -0.4 is 5.73 Å². The first-order chi connectivity index (χ1) is 10.0. The van der Waals surface area contributed by atoms with E-state index in [1.807, 2.05) is 0 Å². The fraction of sp³-hybridized carbons (Fsp3) is 0.647. The molecule has 0 aliphatic carbocycles. The number of halogens is 2. The van der Waals surface area contributed by atoms with E-state index in [0.29, 0.717) is 22.5 Å². The zero-order chi connectivity index (χ0) is 15.5. The van der Waals surface area contributed by atoms with Crippen molar-refractivity contribution < 1.29 is 4.39 Å². The summed E-state index contributed by atoms with van der Waals surface area (Å²) in [6.07, 6.45) is 4.79. The maximum Gasteiger partial charge on any atom is 0.129 e. The number of likely N-dealkylation sites (tertiary alicyclic amines) is 1. The van der Waals surface area contributed by atoms with Gasteiger partial charge in [0.15, 0.2) is 0 Å². The van der Waals surface area contributed by atoms with Gasteiger partial charge in [-0.05, 0) is 43.5 Å². The third-order valence-corrected chi connectivity index (χ3v) is 5.58. The molecule has 1 aromatic carbocycles. The maximum atomic E-state index is 14.2. The predicted octanol–water partition coefficient (Wildman–Crippen LogP) is 4.38. The molecule has 0 saturated carbocycles. The van der Waals surface area contributed by atoms with E-state index in [0.717, 1.165) is 13.1 Å². The van der Waals surface area contributed by atoms with Gasteiger partial charge in [0.1, 0.15) is 5.82 Å². The van der Waals surface area contributed by atoms with Gasteiger partial charge in [-0.15, -0.1) is 0 Å². The number of hydrogen-bond acceptors (Lipinski definition) is 2. The van der Waals surface area contributed by atoms with E-state index in [1.54, 1.807) is 12.1 Å². The highest BCUT2D eigenvalue weighted by Gasteiger charge is 2.34. The number of benzene rings is 1. The van der Waals surface area contributed by atoms with Crippen molar-refractivity contribution in [2.45, 2.75) is 45.6 Å². The number of nitrogens with zero attached hydrogens (tertiary/aromatic N) is 1. The SMILES string of the molecule is CCC1(CC)CCN(C(CN)c2ccc(Cl)cc2F)CC1. The minimum Gasteiger partial charge on any atom is -0.329 e. The van der Waals surface area contributed by atoms with Crippen LogP contribution in [-0.4, -0.2) is 24.5 Å². The summed E-state index contributed by atoms with van der Waals surface area (Å²) in [7, 11) is 0. The number of hydrogen-bond donors (Lipinski definition) is 1. The van der Waals surface area contributed by atoms with Gasteiger partial charge >= 0.3 is 0 Å². The molecule has 2 nitrogen and oxygen atoms in total. The van der Waals surface area contributed by atoms with E-state index < -0.39 is 0 Å². The Hall–Kier alpha value is -0.640. The molecule has 1 fully saturated rings. The van der Waals surface area contributed by atoms with E-state index >= 15 is 0 Å². The maximum absolute atomic E-state index is 14.2. The second kappa shape index (κ2) is 7.08. The van der Waals surface area contributed by atoms with Crippen LogP contribution in [0.15, 0.2) is 18.2 Å². The van der Waals surface area contributed by atoms with Crippen molar-refractivity contribution in [3.63, 3.8) is 0 Å². The Morgan fingerprint density at radius 2 is 1.90 bits per heavy atom. The van der Waals surface area contributed by atoms with E-state index in [2.05, 4.69) is 18.7 Å². The Bertz CT molecular complexity index is 464. The first-order valence-corrected chi connectivity index (χ1v) is 8.32. The molecule has 118 valence electrons. The van der Waals surface area contributed by atoms with Crippen molar-refractivity contribution in [1.29, 1.82) is 0 Å². The van der Waals surface area contributed by atoms with Gasteiger partial charge in [0.05, 0.1) is 0 Å². The quantitative estimate of drug-likeness (QED) is 0.874. The summed E-state index contributed by atoms with van der Waals surface area (Å²) < 4.78 is 14.2. The molecule has 1 atom stereocenters. The highest BCUT2D eigenvalue weighted by Crippen LogP contribution is 2.40. The average molecular weight is 313 g/mol. The molecule has 1 saturated heterocycles. The van der Waals surface area contributed by atoms with Crippen LogP contribution >= 0.6 is 11.6 Å². The van der Waals surface area contributed by atoms with Crippen molar-refractivity contribution in [3.8, 4) is 0 Å². The first kappa shape index (κ1) is 16.7. The van der Waals surface area contributed by atoms with E-state index in [9.17, 15) is 4.39 Å². The summed E-state index contributed by atoms with van der Waals surface area (Å²) >= 11 is 5.84. The minimum absolute atomic E-state index is 0.0472. The molecule has 1 heterocycles. The monoisotopic (exact) mass is 312 g/mol. The van der Waals surface area contributed by atoms with Gasteiger partial charge in [0, 0.05) is 23.2 Å². The van der Waals surface area contributed by atoms with Crippen molar-refractivity contribution in [2.75, 3.05) is 19.6 Å². The van der Waals surface area contributed by atoms with Crippen LogP contribution in [0, 0.1) is 11.2 Å². The van der Waals surface area contributed by atoms with Gasteiger partial charge in [-0.2, -0.15) is 0 Å². The molecule has 0 amide bonds. The number of nitrogens with two attached hydrogens (primary N) is 1. The standard InChI is InChI=1S/C17H26ClFN2/c1-3-17(4-2)7-9-21(10-8-17)16(12-20)14-6-5-13(18)11-15(14)19/h5-6,11,16H,3-4,7-10,12,20H2,1-2H3. The first-order valence-electron chi connectivity index (χ1n) is 7.94. The van der Waals surface area contributed by atoms with E-state index in [4.69, 9.17) is 17.3 Å². The van der Waals surface area contributed by atoms with Crippen LogP contribution in [0.1, 0.15) is 51.1 Å². The summed E-state index contributed by atoms with van der Waals surface area (Å²) in [4.78, 5) is 2.33. The van der Waals surface area contributed by atoms with E-state index in [-0.39, 0.29) is 11.9 Å². The lowest BCUT2D eigenvalue weighted by atomic mass is 9.74. The summed E-state index contributed by atoms with van der Waals surface area (Å²) in [5.41, 5.74) is 7.07. The third kappa shape index (κ3) is 3.58. The second-order valence-electron chi connectivity index (χ2n) is 6.16. The summed E-state index contributed by atoms with van der Waals surface area (Å²) in [5.74, 6) is -0.249. The zero-order valence-corrected chi connectivity index (χ0v) is 13.8. The lowest BCUT2D eigenvalue weighted by molar-refractivity contribution is 0.0669. The van der Waals surface area contributed by atoms with Crippen LogP contribution in [0.4, 0.5) is 4.39 Å². The fourth-order valence-electron chi connectivity index (χ4n) is 3.51. The van der Waals surface area contributed by atoms with Gasteiger partial charge in [0.2, 0.25) is 0 Å². The molecule has 2 rings (SSSR count). The van der Waals surface area contributed by atoms with Crippen LogP contribution in [-0.2, 0) is 0 Å². The normalized spacial score (nSPS) is 20.4. The Morgan fingerprint density at radius 3 is 2.38 bits per heavy atom. The molecule has 21 heavy (non-hydrogen) atoms. The molecule has 4 heteroatoms. The largest absolute Gasteiger partial charge is 0.329 e. The van der Waals surface area contributed by atoms with Gasteiger partial charge < -0.3 is 5.73 Å². The average Bonchev–Trinajstić information content (AvgIpc) is 2.51. The zero-order valence-electron chi connectivity index (χ0n) is 13.0. The molecule has 0 radical (unpaired) electrons. The predicted molar refractivity (Wildman–Crippen MR) is 87.0 cm³/mol. The fourth-order valence-corrected chi connectivity index (χ4v) is 3.67. The van der Waals surface area contributed by atoms with Gasteiger partial charge in [-0.25, -0.2) is 4.39 Å². The second-order valence-corrected chi connectivity index (χ2v) is 6.60. The van der Waals surface area contributed by atoms with Crippen molar-refractivity contribution in [1.82, 2.24) is 4.90 Å². The van der Waals surface area contributed by atoms with Crippen LogP contribution in [0.3, 0.4) is 0 Å². The van der Waals surface area contributed by atoms with Crippen LogP contribution in [0.2, 0.25) is 5.02 Å². The van der Waals surface area contributed by atoms with Crippen LogP contribution in [0.5, 0.6) is 0 Å². The molecule has 1 unspecified atom stereocenters. The molecule has 1 aromatic rings. The van der Waals surface area contributed by atoms with Gasteiger partial charge in [-0.1, -0.05) is 44.4 Å². The molecular formula is C17H26ClFN2. The van der Waals surface area contributed by atoms with Crippen LogP contribution in [0.25, 0.3) is 0 Å². The Morgan fingerprint density at radius 1 is 1.29 bits per heavy atom. The summed E-state index contributed by atoms with van der Waals surface area (Å²) in [5, 5.41) is 0.432.